The van der Waals surface area contributed by atoms with E-state index in [2.05, 4.69) is 14.9 Å². The molecule has 0 radical (unpaired) electrons. The molecule has 1 heterocycles. The second-order valence-electron chi connectivity index (χ2n) is 5.44. The molecule has 17 heavy (non-hydrogen) atoms. The molecule has 1 aromatic heterocycles. The first-order valence-electron chi connectivity index (χ1n) is 6.55. The van der Waals surface area contributed by atoms with Gasteiger partial charge in [0.05, 0.1) is 0 Å². The van der Waals surface area contributed by atoms with Crippen molar-refractivity contribution in [1.82, 2.24) is 9.97 Å². The number of nitrogens with one attached hydrogen (secondary N) is 1. The van der Waals surface area contributed by atoms with Gasteiger partial charge in [-0.2, -0.15) is 0 Å². The summed E-state index contributed by atoms with van der Waals surface area (Å²) < 4.78 is 0. The molecule has 0 aromatic carbocycles. The Bertz CT molecular complexity index is 460. The number of hydrogen-bond acceptors (Lipinski definition) is 3. The molecule has 0 bridgehead atoms. The molecule has 2 saturated carbocycles. The van der Waals surface area contributed by atoms with Crippen molar-refractivity contribution in [1.29, 1.82) is 0 Å². The first kappa shape index (κ1) is 10.8. The summed E-state index contributed by atoms with van der Waals surface area (Å²) in [5.41, 5.74) is -0.0163. The lowest BCUT2D eigenvalue weighted by atomic mass is 9.85. The van der Waals surface area contributed by atoms with Gasteiger partial charge in [0.25, 0.3) is 5.56 Å². The van der Waals surface area contributed by atoms with Crippen molar-refractivity contribution >= 4 is 5.82 Å². The smallest absolute Gasteiger partial charge is 0.252 e. The summed E-state index contributed by atoms with van der Waals surface area (Å²) in [6.07, 6.45) is 6.33. The maximum absolute atomic E-state index is 11.6. The van der Waals surface area contributed by atoms with Gasteiger partial charge in [-0.15, -0.1) is 0 Å². The van der Waals surface area contributed by atoms with Crippen LogP contribution in [0.1, 0.15) is 43.8 Å². The van der Waals surface area contributed by atoms with Crippen LogP contribution >= 0.6 is 0 Å². The van der Waals surface area contributed by atoms with Gasteiger partial charge in [0.15, 0.2) is 0 Å². The van der Waals surface area contributed by atoms with Crippen LogP contribution in [0.2, 0.25) is 0 Å². The van der Waals surface area contributed by atoms with E-state index < -0.39 is 0 Å². The molecule has 4 heteroatoms. The maximum Gasteiger partial charge on any atom is 0.252 e. The largest absolute Gasteiger partial charge is 0.359 e. The van der Waals surface area contributed by atoms with E-state index in [-0.39, 0.29) is 5.56 Å². The van der Waals surface area contributed by atoms with Crippen LogP contribution in [0.3, 0.4) is 0 Å². The highest BCUT2D eigenvalue weighted by atomic mass is 16.1. The fourth-order valence-corrected chi connectivity index (χ4v) is 2.37. The molecule has 2 aliphatic rings. The van der Waals surface area contributed by atoms with E-state index in [1.807, 2.05) is 7.05 Å². The molecule has 92 valence electrons. The molecule has 0 amide bonds. The molecule has 2 aliphatic carbocycles. The second kappa shape index (κ2) is 4.17. The van der Waals surface area contributed by atoms with Gasteiger partial charge < -0.3 is 9.88 Å². The van der Waals surface area contributed by atoms with Gasteiger partial charge in [0.1, 0.15) is 11.6 Å². The molecule has 4 nitrogen and oxygen atoms in total. The number of aromatic nitrogens is 2. The minimum absolute atomic E-state index is 0.0163. The summed E-state index contributed by atoms with van der Waals surface area (Å²) in [5.74, 6) is 3.01. The number of anilines is 1. The predicted molar refractivity (Wildman–Crippen MR) is 67.4 cm³/mol. The molecule has 0 spiro atoms. The van der Waals surface area contributed by atoms with Crippen LogP contribution in [-0.4, -0.2) is 23.6 Å². The van der Waals surface area contributed by atoms with Crippen molar-refractivity contribution in [2.24, 2.45) is 5.92 Å². The van der Waals surface area contributed by atoms with E-state index in [0.29, 0.717) is 5.92 Å². The zero-order valence-electron chi connectivity index (χ0n) is 10.3. The van der Waals surface area contributed by atoms with Crippen LogP contribution in [0, 0.1) is 5.92 Å². The molecular weight excluding hydrogens is 214 g/mol. The van der Waals surface area contributed by atoms with Crippen molar-refractivity contribution in [3.05, 3.63) is 22.2 Å². The zero-order chi connectivity index (χ0) is 11.8. The van der Waals surface area contributed by atoms with Crippen molar-refractivity contribution in [2.75, 3.05) is 18.5 Å². The standard InChI is InChI=1S/C13H19N3O/c1-16(8-9-3-2-4-9)11-7-12(17)15-13(14-11)10-5-6-10/h7,9-10H,2-6,8H2,1H3,(H,14,15,17). The van der Waals surface area contributed by atoms with Gasteiger partial charge in [0, 0.05) is 25.6 Å². The average molecular weight is 233 g/mol. The third kappa shape index (κ3) is 2.35. The highest BCUT2D eigenvalue weighted by molar-refractivity contribution is 5.37. The second-order valence-corrected chi connectivity index (χ2v) is 5.44. The van der Waals surface area contributed by atoms with E-state index in [1.54, 1.807) is 6.07 Å². The lowest BCUT2D eigenvalue weighted by Gasteiger charge is -2.30. The Morgan fingerprint density at radius 1 is 1.41 bits per heavy atom. The normalized spacial score (nSPS) is 20.1. The predicted octanol–water partition coefficient (Wildman–Crippen LogP) is 1.88. The lowest BCUT2D eigenvalue weighted by Crippen LogP contribution is -2.31. The molecule has 3 rings (SSSR count). The Morgan fingerprint density at radius 2 is 2.18 bits per heavy atom. The Kier molecular flexibility index (Phi) is 2.65. The van der Waals surface area contributed by atoms with Gasteiger partial charge in [-0.05, 0) is 31.6 Å². The summed E-state index contributed by atoms with van der Waals surface area (Å²) >= 11 is 0. The Balaban J connectivity index is 1.77. The number of H-pyrrole nitrogens is 1. The van der Waals surface area contributed by atoms with Gasteiger partial charge >= 0.3 is 0 Å². The summed E-state index contributed by atoms with van der Waals surface area (Å²) in [7, 11) is 2.04. The lowest BCUT2D eigenvalue weighted by molar-refractivity contribution is 0.321. The van der Waals surface area contributed by atoms with Crippen LogP contribution in [0.4, 0.5) is 5.82 Å². The van der Waals surface area contributed by atoms with E-state index in [9.17, 15) is 4.79 Å². The van der Waals surface area contributed by atoms with E-state index in [0.717, 1.165) is 24.1 Å². The minimum Gasteiger partial charge on any atom is -0.359 e. The number of nitrogens with zero attached hydrogens (tertiary/aromatic N) is 2. The van der Waals surface area contributed by atoms with Gasteiger partial charge in [-0.1, -0.05) is 6.42 Å². The van der Waals surface area contributed by atoms with Crippen LogP contribution in [0.25, 0.3) is 0 Å². The highest BCUT2D eigenvalue weighted by Crippen LogP contribution is 2.38. The Morgan fingerprint density at radius 3 is 2.76 bits per heavy atom. The van der Waals surface area contributed by atoms with Gasteiger partial charge in [0.2, 0.25) is 0 Å². The van der Waals surface area contributed by atoms with Crippen LogP contribution in [-0.2, 0) is 0 Å². The summed E-state index contributed by atoms with van der Waals surface area (Å²) in [6, 6.07) is 1.62. The molecular formula is C13H19N3O. The van der Waals surface area contributed by atoms with Crippen molar-refractivity contribution < 1.29 is 0 Å². The van der Waals surface area contributed by atoms with Crippen LogP contribution in [0.5, 0.6) is 0 Å². The Hall–Kier alpha value is -1.32. The monoisotopic (exact) mass is 233 g/mol. The number of rotatable bonds is 4. The zero-order valence-corrected chi connectivity index (χ0v) is 10.3. The Labute approximate surface area is 101 Å². The summed E-state index contributed by atoms with van der Waals surface area (Å²) in [4.78, 5) is 21.2. The molecule has 0 saturated heterocycles. The fraction of sp³-hybridized carbons (Fsp3) is 0.692. The molecule has 0 atom stereocenters. The number of aromatic amines is 1. The topological polar surface area (TPSA) is 49.0 Å². The van der Waals surface area contributed by atoms with Crippen LogP contribution < -0.4 is 10.5 Å². The first-order valence-corrected chi connectivity index (χ1v) is 6.55. The molecule has 0 unspecified atom stereocenters. The summed E-state index contributed by atoms with van der Waals surface area (Å²) in [5, 5.41) is 0. The average Bonchev–Trinajstić information content (AvgIpc) is 3.05. The highest BCUT2D eigenvalue weighted by Gasteiger charge is 2.27. The third-order valence-corrected chi connectivity index (χ3v) is 3.86. The first-order chi connectivity index (χ1) is 8.22. The van der Waals surface area contributed by atoms with Crippen molar-refractivity contribution in [2.45, 2.75) is 38.0 Å². The summed E-state index contributed by atoms with van der Waals surface area (Å²) in [6.45, 7) is 1.03. The third-order valence-electron chi connectivity index (χ3n) is 3.86. The van der Waals surface area contributed by atoms with Gasteiger partial charge in [-0.3, -0.25) is 4.79 Å². The van der Waals surface area contributed by atoms with E-state index in [1.165, 1.54) is 32.1 Å². The molecule has 1 aromatic rings. The van der Waals surface area contributed by atoms with Crippen molar-refractivity contribution in [3.63, 3.8) is 0 Å². The quantitative estimate of drug-likeness (QED) is 0.864. The molecule has 2 fully saturated rings. The number of hydrogen-bond donors (Lipinski definition) is 1. The van der Waals surface area contributed by atoms with Gasteiger partial charge in [-0.25, -0.2) is 4.98 Å². The minimum atomic E-state index is -0.0163. The fourth-order valence-electron chi connectivity index (χ4n) is 2.37. The van der Waals surface area contributed by atoms with Crippen LogP contribution in [0.15, 0.2) is 10.9 Å². The van der Waals surface area contributed by atoms with E-state index in [4.69, 9.17) is 0 Å². The molecule has 1 N–H and O–H groups in total. The maximum atomic E-state index is 11.6. The molecule has 0 aliphatic heterocycles. The SMILES string of the molecule is CN(CC1CCC1)c1cc(=O)[nH]c(C2CC2)n1. The van der Waals surface area contributed by atoms with E-state index >= 15 is 0 Å². The van der Waals surface area contributed by atoms with Crippen molar-refractivity contribution in [3.8, 4) is 0 Å².